The van der Waals surface area contributed by atoms with Crippen LogP contribution in [0.25, 0.3) is 22.5 Å². The smallest absolute Gasteiger partial charge is 0.134 e. The van der Waals surface area contributed by atoms with Crippen LogP contribution in [-0.4, -0.2) is 32.6 Å². The Morgan fingerprint density at radius 2 is 1.34 bits per heavy atom. The fourth-order valence-corrected chi connectivity index (χ4v) is 7.49. The molecule has 2 aliphatic carbocycles. The molecule has 0 saturated carbocycles. The maximum absolute atomic E-state index is 5.90. The minimum absolute atomic E-state index is 0.0683. The average molecular weight is 544 g/mol. The van der Waals surface area contributed by atoms with Gasteiger partial charge in [0.05, 0.1) is 23.2 Å². The van der Waals surface area contributed by atoms with Gasteiger partial charge in [-0.1, -0.05) is 36.4 Å². The number of rotatable bonds is 2. The van der Waals surface area contributed by atoms with Gasteiger partial charge in [-0.2, -0.15) is 0 Å². The molecular weight excluding hydrogens is 506 g/mol. The van der Waals surface area contributed by atoms with Crippen LogP contribution in [0.15, 0.2) is 87.9 Å². The zero-order chi connectivity index (χ0) is 27.9. The summed E-state index contributed by atoms with van der Waals surface area (Å²) < 4.78 is 5.57. The van der Waals surface area contributed by atoms with Gasteiger partial charge in [0.2, 0.25) is 0 Å². The SMILES string of the molecule is CC1=N[C@]2(CC1)CCc1c(cccc1-c1cncnc1)C2.NC1=N[C@]2(CC1)CCc1c(cccc1-c1ccco1)C2. The summed E-state index contributed by atoms with van der Waals surface area (Å²) in [5, 5.41) is 0. The Hall–Kier alpha value is -4.06. The van der Waals surface area contributed by atoms with Gasteiger partial charge in [-0.3, -0.25) is 9.98 Å². The largest absolute Gasteiger partial charge is 0.464 e. The zero-order valence-corrected chi connectivity index (χ0v) is 23.8. The normalized spacial score (nSPS) is 24.3. The first-order valence-electron chi connectivity index (χ1n) is 14.9. The fraction of sp³-hybridized carbons (Fsp3) is 0.371. The molecule has 4 aliphatic rings. The molecule has 8 rings (SSSR count). The molecule has 41 heavy (non-hydrogen) atoms. The van der Waals surface area contributed by atoms with Crippen LogP contribution < -0.4 is 5.73 Å². The lowest BCUT2D eigenvalue weighted by atomic mass is 9.75. The van der Waals surface area contributed by atoms with Crippen LogP contribution in [0.1, 0.15) is 67.7 Å². The minimum Gasteiger partial charge on any atom is -0.464 e. The number of nitrogens with zero attached hydrogens (tertiary/aromatic N) is 4. The summed E-state index contributed by atoms with van der Waals surface area (Å²) in [5.74, 6) is 1.79. The predicted molar refractivity (Wildman–Crippen MR) is 164 cm³/mol. The van der Waals surface area contributed by atoms with Crippen LogP contribution in [0.3, 0.4) is 0 Å². The number of benzene rings is 2. The third-order valence-electron chi connectivity index (χ3n) is 9.53. The molecule has 0 fully saturated rings. The summed E-state index contributed by atoms with van der Waals surface area (Å²) >= 11 is 0. The van der Waals surface area contributed by atoms with E-state index >= 15 is 0 Å². The third-order valence-corrected chi connectivity index (χ3v) is 9.53. The Labute approximate surface area is 241 Å². The molecule has 2 atom stereocenters. The van der Waals surface area contributed by atoms with E-state index in [4.69, 9.17) is 20.1 Å². The molecule has 0 saturated heterocycles. The Morgan fingerprint density at radius 3 is 1.95 bits per heavy atom. The zero-order valence-electron chi connectivity index (χ0n) is 23.8. The van der Waals surface area contributed by atoms with Gasteiger partial charge in [-0.15, -0.1) is 0 Å². The van der Waals surface area contributed by atoms with Gasteiger partial charge in [0.1, 0.15) is 12.1 Å². The maximum atomic E-state index is 5.90. The molecule has 4 heterocycles. The lowest BCUT2D eigenvalue weighted by Crippen LogP contribution is -2.32. The van der Waals surface area contributed by atoms with E-state index < -0.39 is 0 Å². The van der Waals surface area contributed by atoms with Crippen LogP contribution in [0.4, 0.5) is 0 Å². The first kappa shape index (κ1) is 25.9. The van der Waals surface area contributed by atoms with Crippen LogP contribution in [0.2, 0.25) is 0 Å². The van der Waals surface area contributed by atoms with Crippen molar-refractivity contribution < 1.29 is 4.42 Å². The van der Waals surface area contributed by atoms with Crippen molar-refractivity contribution in [2.45, 2.75) is 82.2 Å². The van der Waals surface area contributed by atoms with E-state index in [1.54, 1.807) is 12.6 Å². The quantitative estimate of drug-likeness (QED) is 0.296. The molecule has 6 heteroatoms. The molecule has 0 unspecified atom stereocenters. The predicted octanol–water partition coefficient (Wildman–Crippen LogP) is 6.95. The molecule has 0 amide bonds. The molecule has 0 radical (unpaired) electrons. The third kappa shape index (κ3) is 5.01. The second-order valence-electron chi connectivity index (χ2n) is 12.2. The second-order valence-corrected chi connectivity index (χ2v) is 12.2. The number of hydrogen-bond acceptors (Lipinski definition) is 6. The second kappa shape index (κ2) is 10.4. The van der Waals surface area contributed by atoms with Gasteiger partial charge in [0.25, 0.3) is 0 Å². The van der Waals surface area contributed by atoms with Gasteiger partial charge in [-0.05, 0) is 105 Å². The fourth-order valence-electron chi connectivity index (χ4n) is 7.49. The van der Waals surface area contributed by atoms with Crippen LogP contribution in [0, 0.1) is 0 Å². The lowest BCUT2D eigenvalue weighted by molar-refractivity contribution is 0.374. The van der Waals surface area contributed by atoms with Gasteiger partial charge in [0.15, 0.2) is 0 Å². The van der Waals surface area contributed by atoms with Gasteiger partial charge >= 0.3 is 0 Å². The Morgan fingerprint density at radius 1 is 0.707 bits per heavy atom. The molecule has 2 aromatic heterocycles. The van der Waals surface area contributed by atoms with Crippen molar-refractivity contribution in [3.8, 4) is 22.5 Å². The highest BCUT2D eigenvalue weighted by Crippen LogP contribution is 2.42. The topological polar surface area (TPSA) is 89.7 Å². The summed E-state index contributed by atoms with van der Waals surface area (Å²) in [4.78, 5) is 18.0. The Balaban J connectivity index is 0.000000135. The highest BCUT2D eigenvalue weighted by atomic mass is 16.3. The van der Waals surface area contributed by atoms with Crippen molar-refractivity contribution in [2.24, 2.45) is 15.7 Å². The van der Waals surface area contributed by atoms with Crippen molar-refractivity contribution in [1.29, 1.82) is 0 Å². The minimum atomic E-state index is 0.0683. The summed E-state index contributed by atoms with van der Waals surface area (Å²) in [6, 6.07) is 17.1. The van der Waals surface area contributed by atoms with Crippen molar-refractivity contribution in [3.63, 3.8) is 0 Å². The van der Waals surface area contributed by atoms with Crippen LogP contribution >= 0.6 is 0 Å². The lowest BCUT2D eigenvalue weighted by Gasteiger charge is -2.33. The van der Waals surface area contributed by atoms with Crippen molar-refractivity contribution in [2.75, 3.05) is 0 Å². The van der Waals surface area contributed by atoms with Gasteiger partial charge < -0.3 is 10.2 Å². The number of fused-ring (bicyclic) bond motifs is 2. The molecule has 2 aromatic carbocycles. The van der Waals surface area contributed by atoms with E-state index in [2.05, 4.69) is 53.3 Å². The number of furan rings is 1. The summed E-state index contributed by atoms with van der Waals surface area (Å²) in [5.41, 5.74) is 16.9. The van der Waals surface area contributed by atoms with Crippen LogP contribution in [0.5, 0.6) is 0 Å². The number of aliphatic imine (C=N–C) groups is 2. The molecule has 208 valence electrons. The summed E-state index contributed by atoms with van der Waals surface area (Å²) in [7, 11) is 0. The first-order chi connectivity index (χ1) is 20.0. The van der Waals surface area contributed by atoms with E-state index in [0.29, 0.717) is 0 Å². The maximum Gasteiger partial charge on any atom is 0.134 e. The summed E-state index contributed by atoms with van der Waals surface area (Å²) in [6.07, 6.45) is 18.1. The van der Waals surface area contributed by atoms with Gasteiger partial charge in [-0.25, -0.2) is 9.97 Å². The van der Waals surface area contributed by atoms with E-state index in [0.717, 1.165) is 62.1 Å². The molecule has 2 spiro atoms. The molecule has 4 aromatic rings. The summed E-state index contributed by atoms with van der Waals surface area (Å²) in [6.45, 7) is 2.17. The highest BCUT2D eigenvalue weighted by molar-refractivity contribution is 5.84. The standard InChI is InChI=1S/C18H19N3.C17H18N2O/c1-13-5-7-18(21-13)8-6-17-14(9-18)3-2-4-16(17)15-10-19-12-20-11-15;18-16-7-9-17(19-16)8-6-13-12(11-17)3-1-4-14(13)15-5-2-10-20-15/h2-4,10-12H,5-9H2,1H3;1-5,10H,6-9,11H2,(H2,18,19)/t18-;17-/m10/s1. The Kier molecular flexibility index (Phi) is 6.57. The number of amidine groups is 1. The Bertz CT molecular complexity index is 1620. The molecule has 2 N–H and O–H groups in total. The average Bonchev–Trinajstić information content (AvgIpc) is 3.74. The number of hydrogen-bond donors (Lipinski definition) is 1. The molecule has 6 nitrogen and oxygen atoms in total. The van der Waals surface area contributed by atoms with Crippen molar-refractivity contribution in [1.82, 2.24) is 9.97 Å². The van der Waals surface area contributed by atoms with Crippen molar-refractivity contribution >= 4 is 11.5 Å². The van der Waals surface area contributed by atoms with Crippen molar-refractivity contribution in [3.05, 3.63) is 95.8 Å². The molecular formula is C35H37N5O. The van der Waals surface area contributed by atoms with E-state index in [1.807, 2.05) is 24.5 Å². The monoisotopic (exact) mass is 543 g/mol. The van der Waals surface area contributed by atoms with E-state index in [1.165, 1.54) is 58.4 Å². The molecule has 2 aliphatic heterocycles. The molecule has 0 bridgehead atoms. The van der Waals surface area contributed by atoms with E-state index in [9.17, 15) is 0 Å². The number of aromatic nitrogens is 2. The van der Waals surface area contributed by atoms with E-state index in [-0.39, 0.29) is 11.1 Å². The van der Waals surface area contributed by atoms with Gasteiger partial charge in [0, 0.05) is 35.7 Å². The van der Waals surface area contributed by atoms with Crippen LogP contribution in [-0.2, 0) is 25.7 Å². The number of nitrogens with two attached hydrogens (primary N) is 1. The highest BCUT2D eigenvalue weighted by Gasteiger charge is 2.39. The first-order valence-corrected chi connectivity index (χ1v) is 14.9.